The third-order valence-corrected chi connectivity index (χ3v) is 5.47. The van der Waals surface area contributed by atoms with E-state index in [9.17, 15) is 0 Å². The third-order valence-electron chi connectivity index (χ3n) is 5.47. The zero-order valence-corrected chi connectivity index (χ0v) is 15.0. The van der Waals surface area contributed by atoms with Crippen LogP contribution in [0.4, 0.5) is 0 Å². The fraction of sp³-hybridized carbons (Fsp3) is 1.00. The van der Waals surface area contributed by atoms with Crippen molar-refractivity contribution in [1.82, 2.24) is 15.1 Å². The summed E-state index contributed by atoms with van der Waals surface area (Å²) < 4.78 is 0. The van der Waals surface area contributed by atoms with Crippen molar-refractivity contribution in [3.8, 4) is 0 Å². The van der Waals surface area contributed by atoms with Crippen LogP contribution in [0.3, 0.4) is 0 Å². The Labute approximate surface area is 132 Å². The molecule has 0 spiro atoms. The van der Waals surface area contributed by atoms with Crippen LogP contribution in [0.1, 0.15) is 47.0 Å². The summed E-state index contributed by atoms with van der Waals surface area (Å²) in [4.78, 5) is 5.36. The van der Waals surface area contributed by atoms with Crippen molar-refractivity contribution >= 4 is 0 Å². The van der Waals surface area contributed by atoms with Crippen LogP contribution in [0.25, 0.3) is 0 Å². The van der Waals surface area contributed by atoms with E-state index >= 15 is 0 Å². The zero-order chi connectivity index (χ0) is 15.5. The van der Waals surface area contributed by atoms with Gasteiger partial charge in [-0.3, -0.25) is 0 Å². The van der Waals surface area contributed by atoms with E-state index < -0.39 is 0 Å². The van der Waals surface area contributed by atoms with E-state index in [4.69, 9.17) is 0 Å². The number of piperazine rings is 1. The molecule has 1 heterocycles. The second-order valence-electron chi connectivity index (χ2n) is 8.56. The van der Waals surface area contributed by atoms with Gasteiger partial charge < -0.3 is 15.1 Å². The Hall–Kier alpha value is -0.120. The highest BCUT2D eigenvalue weighted by atomic mass is 15.3. The highest BCUT2D eigenvalue weighted by molar-refractivity contribution is 4.90. The molecule has 0 aromatic rings. The molecule has 0 bridgehead atoms. The molecule has 0 radical (unpaired) electrons. The lowest BCUT2D eigenvalue weighted by Crippen LogP contribution is -2.52. The molecule has 0 amide bonds. The molecule has 2 atom stereocenters. The molecule has 21 heavy (non-hydrogen) atoms. The van der Waals surface area contributed by atoms with Gasteiger partial charge in [0.05, 0.1) is 0 Å². The molecule has 3 nitrogen and oxygen atoms in total. The van der Waals surface area contributed by atoms with Crippen molar-refractivity contribution in [2.24, 2.45) is 17.3 Å². The molecule has 1 aliphatic heterocycles. The summed E-state index contributed by atoms with van der Waals surface area (Å²) in [6, 6.07) is 0.728. The number of rotatable bonds is 5. The predicted molar refractivity (Wildman–Crippen MR) is 91.7 cm³/mol. The first kappa shape index (κ1) is 17.2. The largest absolute Gasteiger partial charge is 0.317 e. The first-order chi connectivity index (χ1) is 9.89. The molecule has 3 heteroatoms. The van der Waals surface area contributed by atoms with Crippen LogP contribution in [0.15, 0.2) is 0 Å². The fourth-order valence-electron chi connectivity index (χ4n) is 4.31. The number of nitrogens with zero attached hydrogens (tertiary/aromatic N) is 2. The van der Waals surface area contributed by atoms with Crippen LogP contribution in [0.5, 0.6) is 0 Å². The van der Waals surface area contributed by atoms with Crippen molar-refractivity contribution in [2.45, 2.75) is 53.0 Å². The summed E-state index contributed by atoms with van der Waals surface area (Å²) in [5, 5.41) is 3.58. The number of hydrogen-bond donors (Lipinski definition) is 1. The Morgan fingerprint density at radius 1 is 1.10 bits per heavy atom. The number of hydrogen-bond acceptors (Lipinski definition) is 3. The maximum atomic E-state index is 3.58. The summed E-state index contributed by atoms with van der Waals surface area (Å²) in [5.74, 6) is 1.62. The van der Waals surface area contributed by atoms with Crippen LogP contribution in [0, 0.1) is 17.3 Å². The first-order valence-corrected chi connectivity index (χ1v) is 9.01. The summed E-state index contributed by atoms with van der Waals surface area (Å²) in [6.07, 6.45) is 4.10. The van der Waals surface area contributed by atoms with Gasteiger partial charge in [0.2, 0.25) is 0 Å². The van der Waals surface area contributed by atoms with Crippen LogP contribution in [-0.2, 0) is 0 Å². The Morgan fingerprint density at radius 3 is 2.29 bits per heavy atom. The minimum Gasteiger partial charge on any atom is -0.317 e. The van der Waals surface area contributed by atoms with Crippen molar-refractivity contribution < 1.29 is 0 Å². The Bertz CT molecular complexity index is 306. The smallest absolute Gasteiger partial charge is 0.0110 e. The van der Waals surface area contributed by atoms with Crippen molar-refractivity contribution in [3.05, 3.63) is 0 Å². The Balaban J connectivity index is 1.81. The predicted octanol–water partition coefficient (Wildman–Crippen LogP) is 2.67. The monoisotopic (exact) mass is 295 g/mol. The molecule has 1 saturated heterocycles. The summed E-state index contributed by atoms with van der Waals surface area (Å²) in [7, 11) is 2.15. The molecule has 1 N–H and O–H groups in total. The molecular formula is C18H37N3. The van der Waals surface area contributed by atoms with Crippen molar-refractivity contribution in [2.75, 3.05) is 46.3 Å². The summed E-state index contributed by atoms with van der Waals surface area (Å²) in [5.41, 5.74) is 0.539. The van der Waals surface area contributed by atoms with E-state index in [1.54, 1.807) is 0 Å². The van der Waals surface area contributed by atoms with E-state index in [1.807, 2.05) is 0 Å². The van der Waals surface area contributed by atoms with E-state index in [2.05, 4.69) is 49.9 Å². The van der Waals surface area contributed by atoms with Crippen molar-refractivity contribution in [1.29, 1.82) is 0 Å². The van der Waals surface area contributed by atoms with Gasteiger partial charge in [-0.05, 0) is 43.6 Å². The van der Waals surface area contributed by atoms with E-state index in [-0.39, 0.29) is 0 Å². The molecule has 124 valence electrons. The van der Waals surface area contributed by atoms with Gasteiger partial charge in [0, 0.05) is 45.3 Å². The van der Waals surface area contributed by atoms with Gasteiger partial charge in [-0.25, -0.2) is 0 Å². The Morgan fingerprint density at radius 2 is 1.71 bits per heavy atom. The van der Waals surface area contributed by atoms with Gasteiger partial charge >= 0.3 is 0 Å². The second kappa shape index (κ2) is 7.43. The maximum Gasteiger partial charge on any atom is 0.0110 e. The van der Waals surface area contributed by atoms with Crippen LogP contribution in [-0.4, -0.2) is 62.2 Å². The highest BCUT2D eigenvalue weighted by Gasteiger charge is 2.35. The lowest BCUT2D eigenvalue weighted by Gasteiger charge is -2.44. The summed E-state index contributed by atoms with van der Waals surface area (Å²) >= 11 is 0. The molecule has 2 unspecified atom stereocenters. The van der Waals surface area contributed by atoms with Gasteiger partial charge in [-0.1, -0.05) is 27.7 Å². The third kappa shape index (κ3) is 5.22. The lowest BCUT2D eigenvalue weighted by atomic mass is 9.69. The molecule has 2 aliphatic rings. The molecule has 1 saturated carbocycles. The van der Waals surface area contributed by atoms with Crippen LogP contribution in [0.2, 0.25) is 0 Å². The number of nitrogens with one attached hydrogen (secondary N) is 1. The van der Waals surface area contributed by atoms with Crippen molar-refractivity contribution in [3.63, 3.8) is 0 Å². The molecule has 0 aromatic carbocycles. The molecule has 2 rings (SSSR count). The molecule has 0 aromatic heterocycles. The minimum absolute atomic E-state index is 0.539. The van der Waals surface area contributed by atoms with E-state index in [1.165, 1.54) is 58.5 Å². The summed E-state index contributed by atoms with van der Waals surface area (Å²) in [6.45, 7) is 17.2. The average Bonchev–Trinajstić information content (AvgIpc) is 2.40. The van der Waals surface area contributed by atoms with Gasteiger partial charge in [-0.15, -0.1) is 0 Å². The minimum atomic E-state index is 0.539. The maximum absolute atomic E-state index is 3.58. The normalized spacial score (nSPS) is 31.7. The fourth-order valence-corrected chi connectivity index (χ4v) is 4.31. The van der Waals surface area contributed by atoms with Crippen LogP contribution >= 0.6 is 0 Å². The van der Waals surface area contributed by atoms with Gasteiger partial charge in [0.1, 0.15) is 0 Å². The molecular weight excluding hydrogens is 258 g/mol. The topological polar surface area (TPSA) is 18.5 Å². The highest BCUT2D eigenvalue weighted by Crippen LogP contribution is 2.39. The SMILES string of the molecule is CNC1CCC(C)(C)CC1CN1CCN(CC(C)C)CC1. The molecule has 2 fully saturated rings. The Kier molecular flexibility index (Phi) is 6.10. The average molecular weight is 296 g/mol. The first-order valence-electron chi connectivity index (χ1n) is 9.01. The molecule has 1 aliphatic carbocycles. The van der Waals surface area contributed by atoms with Crippen LogP contribution < -0.4 is 5.32 Å². The van der Waals surface area contributed by atoms with Gasteiger partial charge in [-0.2, -0.15) is 0 Å². The lowest BCUT2D eigenvalue weighted by molar-refractivity contribution is 0.0686. The quantitative estimate of drug-likeness (QED) is 0.841. The standard InChI is InChI=1S/C18H37N3/c1-15(2)13-20-8-10-21(11-9-20)14-16-12-18(3,4)7-6-17(16)19-5/h15-17,19H,6-14H2,1-5H3. The zero-order valence-electron chi connectivity index (χ0n) is 15.0. The van der Waals surface area contributed by atoms with Gasteiger partial charge in [0.25, 0.3) is 0 Å². The second-order valence-corrected chi connectivity index (χ2v) is 8.56. The van der Waals surface area contributed by atoms with E-state index in [0.717, 1.165) is 17.9 Å². The van der Waals surface area contributed by atoms with E-state index in [0.29, 0.717) is 5.41 Å². The van der Waals surface area contributed by atoms with Gasteiger partial charge in [0.15, 0.2) is 0 Å².